The van der Waals surface area contributed by atoms with E-state index in [9.17, 15) is 18.0 Å². The minimum atomic E-state index is -3.82. The van der Waals surface area contributed by atoms with E-state index in [-0.39, 0.29) is 34.5 Å². The first-order valence-electron chi connectivity index (χ1n) is 9.65. The Morgan fingerprint density at radius 3 is 2.17 bits per heavy atom. The molecule has 162 valence electrons. The zero-order valence-corrected chi connectivity index (χ0v) is 19.0. The molecular weight excluding hydrogens is 426 g/mol. The van der Waals surface area contributed by atoms with Crippen LogP contribution in [0.4, 0.5) is 5.69 Å². The summed E-state index contributed by atoms with van der Waals surface area (Å²) in [5.41, 5.74) is 1.79. The first-order chi connectivity index (χ1) is 14.1. The van der Waals surface area contributed by atoms with Gasteiger partial charge in [-0.05, 0) is 49.7 Å². The zero-order chi connectivity index (χ0) is 22.5. The van der Waals surface area contributed by atoms with Gasteiger partial charge >= 0.3 is 0 Å². The van der Waals surface area contributed by atoms with Crippen LogP contribution in [0, 0.1) is 6.92 Å². The van der Waals surface area contributed by atoms with E-state index >= 15 is 0 Å². The molecule has 2 aromatic rings. The molecule has 0 bridgehead atoms. The quantitative estimate of drug-likeness (QED) is 0.639. The van der Waals surface area contributed by atoms with E-state index in [0.29, 0.717) is 17.8 Å². The number of rotatable bonds is 8. The van der Waals surface area contributed by atoms with Crippen LogP contribution in [-0.4, -0.2) is 44.2 Å². The summed E-state index contributed by atoms with van der Waals surface area (Å²) in [6.45, 7) is 8.15. The Bertz CT molecular complexity index is 1050. The maximum Gasteiger partial charge on any atom is 0.255 e. The highest BCUT2D eigenvalue weighted by Crippen LogP contribution is 2.26. The Hall–Kier alpha value is -2.42. The molecular formula is C21H26ClN3O4S. The van der Waals surface area contributed by atoms with E-state index < -0.39 is 15.9 Å². The summed E-state index contributed by atoms with van der Waals surface area (Å²) in [5, 5.41) is 5.51. The predicted molar refractivity (Wildman–Crippen MR) is 119 cm³/mol. The van der Waals surface area contributed by atoms with Gasteiger partial charge in [0.2, 0.25) is 10.0 Å². The van der Waals surface area contributed by atoms with E-state index in [1.54, 1.807) is 39.0 Å². The second kappa shape index (κ2) is 10.1. The summed E-state index contributed by atoms with van der Waals surface area (Å²) < 4.78 is 27.0. The van der Waals surface area contributed by atoms with Gasteiger partial charge in [-0.1, -0.05) is 31.5 Å². The Morgan fingerprint density at radius 1 is 0.967 bits per heavy atom. The van der Waals surface area contributed by atoms with Gasteiger partial charge in [0.25, 0.3) is 11.8 Å². The van der Waals surface area contributed by atoms with E-state index in [2.05, 4.69) is 10.6 Å². The highest BCUT2D eigenvalue weighted by atomic mass is 35.5. The maximum absolute atomic E-state index is 12.8. The maximum atomic E-state index is 12.8. The summed E-state index contributed by atoms with van der Waals surface area (Å²) in [5.74, 6) is -0.745. The van der Waals surface area contributed by atoms with Gasteiger partial charge in [0, 0.05) is 36.4 Å². The van der Waals surface area contributed by atoms with Crippen molar-refractivity contribution in [2.45, 2.75) is 32.6 Å². The second-order valence-electron chi connectivity index (χ2n) is 6.58. The number of nitrogens with one attached hydrogen (secondary N) is 2. The molecule has 2 rings (SSSR count). The minimum Gasteiger partial charge on any atom is -0.352 e. The van der Waals surface area contributed by atoms with E-state index in [0.717, 1.165) is 5.56 Å². The van der Waals surface area contributed by atoms with Crippen LogP contribution in [0.2, 0.25) is 5.02 Å². The number of nitrogens with zero attached hydrogens (tertiary/aromatic N) is 1. The highest BCUT2D eigenvalue weighted by molar-refractivity contribution is 7.89. The Kier molecular flexibility index (Phi) is 8.00. The molecule has 2 aromatic carbocycles. The summed E-state index contributed by atoms with van der Waals surface area (Å²) in [6.07, 6.45) is 0. The van der Waals surface area contributed by atoms with Crippen molar-refractivity contribution in [3.8, 4) is 0 Å². The number of aryl methyl sites for hydroxylation is 1. The molecule has 0 fully saturated rings. The van der Waals surface area contributed by atoms with E-state index in [1.807, 2.05) is 6.92 Å². The average Bonchev–Trinajstić information content (AvgIpc) is 2.70. The van der Waals surface area contributed by atoms with Crippen molar-refractivity contribution >= 4 is 39.1 Å². The van der Waals surface area contributed by atoms with E-state index in [1.165, 1.54) is 22.5 Å². The number of sulfonamides is 1. The van der Waals surface area contributed by atoms with Gasteiger partial charge in [0.1, 0.15) is 4.90 Å². The topological polar surface area (TPSA) is 95.6 Å². The Balaban J connectivity index is 2.37. The number of carbonyl (C=O) groups excluding carboxylic acids is 2. The fraction of sp³-hybridized carbons (Fsp3) is 0.333. The van der Waals surface area contributed by atoms with Crippen LogP contribution in [0.25, 0.3) is 0 Å². The first-order valence-corrected chi connectivity index (χ1v) is 11.5. The molecule has 0 aliphatic heterocycles. The summed E-state index contributed by atoms with van der Waals surface area (Å²) >= 11 is 6.13. The second-order valence-corrected chi connectivity index (χ2v) is 8.89. The van der Waals surface area contributed by atoms with Crippen LogP contribution in [-0.2, 0) is 10.0 Å². The van der Waals surface area contributed by atoms with Gasteiger partial charge in [-0.15, -0.1) is 0 Å². The molecule has 0 spiro atoms. The van der Waals surface area contributed by atoms with Crippen molar-refractivity contribution in [1.29, 1.82) is 0 Å². The van der Waals surface area contributed by atoms with Crippen LogP contribution in [0.5, 0.6) is 0 Å². The Morgan fingerprint density at radius 2 is 1.57 bits per heavy atom. The van der Waals surface area contributed by atoms with Gasteiger partial charge < -0.3 is 10.6 Å². The molecule has 0 radical (unpaired) electrons. The van der Waals surface area contributed by atoms with Crippen LogP contribution in [0.15, 0.2) is 41.3 Å². The lowest BCUT2D eigenvalue weighted by atomic mass is 10.1. The van der Waals surface area contributed by atoms with Crippen LogP contribution in [0.1, 0.15) is 47.1 Å². The Labute approximate surface area is 182 Å². The van der Waals surface area contributed by atoms with Crippen LogP contribution >= 0.6 is 11.6 Å². The third-order valence-corrected chi connectivity index (χ3v) is 7.13. The summed E-state index contributed by atoms with van der Waals surface area (Å²) in [4.78, 5) is 24.8. The lowest BCUT2D eigenvalue weighted by Crippen LogP contribution is -2.31. The highest BCUT2D eigenvalue weighted by Gasteiger charge is 2.25. The van der Waals surface area contributed by atoms with Gasteiger partial charge in [0.15, 0.2) is 0 Å². The number of anilines is 1. The van der Waals surface area contributed by atoms with Crippen molar-refractivity contribution in [3.05, 3.63) is 58.1 Å². The number of hydrogen-bond donors (Lipinski definition) is 2. The fourth-order valence-electron chi connectivity index (χ4n) is 2.90. The number of amides is 2. The van der Waals surface area contributed by atoms with E-state index in [4.69, 9.17) is 11.6 Å². The molecule has 0 aliphatic carbocycles. The van der Waals surface area contributed by atoms with Crippen molar-refractivity contribution in [2.24, 2.45) is 0 Å². The number of carbonyl (C=O) groups is 2. The fourth-order valence-corrected chi connectivity index (χ4v) is 4.86. The SMILES string of the molecule is CCNC(=O)c1ccc(C)c(NC(=O)c2ccc(Cl)c(S(=O)(=O)N(CC)CC)c2)c1. The standard InChI is InChI=1S/C21H26ClN3O4S/c1-5-23-20(26)15-9-8-14(4)18(12-15)24-21(27)16-10-11-17(22)19(13-16)30(28,29)25(6-2)7-3/h8-13H,5-7H2,1-4H3,(H,23,26)(H,24,27). The first kappa shape index (κ1) is 23.9. The molecule has 0 aromatic heterocycles. The number of benzene rings is 2. The van der Waals surface area contributed by atoms with Crippen LogP contribution in [0.3, 0.4) is 0 Å². The molecule has 0 heterocycles. The minimum absolute atomic E-state index is 0.0489. The van der Waals surface area contributed by atoms with Crippen molar-refractivity contribution in [3.63, 3.8) is 0 Å². The number of halogens is 1. The van der Waals surface area contributed by atoms with Crippen molar-refractivity contribution in [2.75, 3.05) is 25.0 Å². The monoisotopic (exact) mass is 451 g/mol. The molecule has 2 N–H and O–H groups in total. The molecule has 0 saturated carbocycles. The third-order valence-electron chi connectivity index (χ3n) is 4.60. The molecule has 0 atom stereocenters. The van der Waals surface area contributed by atoms with Gasteiger partial charge in [-0.25, -0.2) is 8.42 Å². The van der Waals surface area contributed by atoms with Crippen molar-refractivity contribution < 1.29 is 18.0 Å². The number of hydrogen-bond acceptors (Lipinski definition) is 4. The average molecular weight is 452 g/mol. The largest absolute Gasteiger partial charge is 0.352 e. The lowest BCUT2D eigenvalue weighted by molar-refractivity contribution is 0.0954. The molecule has 7 nitrogen and oxygen atoms in total. The van der Waals surface area contributed by atoms with Crippen LogP contribution < -0.4 is 10.6 Å². The molecule has 2 amide bonds. The smallest absolute Gasteiger partial charge is 0.255 e. The molecule has 30 heavy (non-hydrogen) atoms. The predicted octanol–water partition coefficient (Wildman–Crippen LogP) is 3.68. The molecule has 0 saturated heterocycles. The summed E-state index contributed by atoms with van der Waals surface area (Å²) in [7, 11) is -3.82. The zero-order valence-electron chi connectivity index (χ0n) is 17.5. The molecule has 0 unspecified atom stereocenters. The lowest BCUT2D eigenvalue weighted by Gasteiger charge is -2.19. The van der Waals surface area contributed by atoms with Gasteiger partial charge in [0.05, 0.1) is 5.02 Å². The van der Waals surface area contributed by atoms with Gasteiger partial charge in [-0.2, -0.15) is 4.31 Å². The molecule has 9 heteroatoms. The summed E-state index contributed by atoms with van der Waals surface area (Å²) in [6, 6.07) is 9.12. The van der Waals surface area contributed by atoms with Gasteiger partial charge in [-0.3, -0.25) is 9.59 Å². The third kappa shape index (κ3) is 5.19. The molecule has 0 aliphatic rings. The van der Waals surface area contributed by atoms with Crippen molar-refractivity contribution in [1.82, 2.24) is 9.62 Å². The normalized spacial score (nSPS) is 11.4.